The molecule has 0 atom stereocenters. The van der Waals surface area contributed by atoms with Crippen LogP contribution in [0.15, 0.2) is 23.6 Å². The molecule has 19 heavy (non-hydrogen) atoms. The summed E-state index contributed by atoms with van der Waals surface area (Å²) in [5.74, 6) is -0.0912. The number of halogens is 2. The molecule has 0 radical (unpaired) electrons. The molecule has 1 aromatic heterocycles. The summed E-state index contributed by atoms with van der Waals surface area (Å²) in [6.07, 6.45) is 0. The summed E-state index contributed by atoms with van der Waals surface area (Å²) in [4.78, 5) is 16.2. The van der Waals surface area contributed by atoms with Gasteiger partial charge in [0.25, 0.3) is 5.91 Å². The molecule has 0 aliphatic carbocycles. The SMILES string of the molecule is CC(C)c1nc(NC(=O)c2ccc(F)c(Cl)c2)cs1. The zero-order valence-electron chi connectivity index (χ0n) is 10.4. The van der Waals surface area contributed by atoms with Crippen LogP contribution in [0.2, 0.25) is 5.02 Å². The van der Waals surface area contributed by atoms with Crippen molar-refractivity contribution in [1.29, 1.82) is 0 Å². The first-order chi connectivity index (χ1) is 8.97. The van der Waals surface area contributed by atoms with Crippen LogP contribution in [-0.4, -0.2) is 10.9 Å². The van der Waals surface area contributed by atoms with Gasteiger partial charge in [-0.3, -0.25) is 4.79 Å². The van der Waals surface area contributed by atoms with E-state index in [-0.39, 0.29) is 10.9 Å². The van der Waals surface area contributed by atoms with Crippen LogP contribution in [0.4, 0.5) is 10.2 Å². The quantitative estimate of drug-likeness (QED) is 0.917. The lowest BCUT2D eigenvalue weighted by molar-refractivity contribution is 0.102. The molecule has 100 valence electrons. The Morgan fingerprint density at radius 1 is 1.47 bits per heavy atom. The molecule has 0 spiro atoms. The van der Waals surface area contributed by atoms with Crippen LogP contribution in [0.1, 0.15) is 35.1 Å². The first kappa shape index (κ1) is 14.0. The lowest BCUT2D eigenvalue weighted by atomic mass is 10.2. The van der Waals surface area contributed by atoms with E-state index >= 15 is 0 Å². The predicted molar refractivity (Wildman–Crippen MR) is 75.6 cm³/mol. The van der Waals surface area contributed by atoms with Gasteiger partial charge < -0.3 is 5.32 Å². The molecule has 0 unspecified atom stereocenters. The van der Waals surface area contributed by atoms with E-state index in [0.717, 1.165) is 11.1 Å². The van der Waals surface area contributed by atoms with E-state index in [4.69, 9.17) is 11.6 Å². The summed E-state index contributed by atoms with van der Waals surface area (Å²) in [7, 11) is 0. The van der Waals surface area contributed by atoms with E-state index in [2.05, 4.69) is 10.3 Å². The lowest BCUT2D eigenvalue weighted by Gasteiger charge is -2.03. The Morgan fingerprint density at radius 3 is 2.79 bits per heavy atom. The van der Waals surface area contributed by atoms with E-state index in [9.17, 15) is 9.18 Å². The van der Waals surface area contributed by atoms with Gasteiger partial charge in [-0.05, 0) is 18.2 Å². The van der Waals surface area contributed by atoms with Gasteiger partial charge >= 0.3 is 0 Å². The zero-order valence-corrected chi connectivity index (χ0v) is 12.0. The number of aromatic nitrogens is 1. The molecule has 0 fully saturated rings. The van der Waals surface area contributed by atoms with E-state index < -0.39 is 5.82 Å². The molecule has 1 amide bonds. The summed E-state index contributed by atoms with van der Waals surface area (Å²) in [5, 5.41) is 5.31. The van der Waals surface area contributed by atoms with Crippen LogP contribution in [-0.2, 0) is 0 Å². The number of hydrogen-bond donors (Lipinski definition) is 1. The summed E-state index contributed by atoms with van der Waals surface area (Å²) in [6, 6.07) is 3.84. The molecular weight excluding hydrogens is 287 g/mol. The lowest BCUT2D eigenvalue weighted by Crippen LogP contribution is -2.12. The van der Waals surface area contributed by atoms with Crippen LogP contribution < -0.4 is 5.32 Å². The minimum Gasteiger partial charge on any atom is -0.306 e. The highest BCUT2D eigenvalue weighted by Crippen LogP contribution is 2.22. The third-order valence-corrected chi connectivity index (χ3v) is 3.87. The van der Waals surface area contributed by atoms with E-state index in [0.29, 0.717) is 17.3 Å². The van der Waals surface area contributed by atoms with Gasteiger partial charge in [-0.25, -0.2) is 9.37 Å². The largest absolute Gasteiger partial charge is 0.306 e. The van der Waals surface area contributed by atoms with Crippen molar-refractivity contribution >= 4 is 34.7 Å². The number of carbonyl (C=O) groups is 1. The molecule has 0 aliphatic heterocycles. The van der Waals surface area contributed by atoms with Crippen molar-refractivity contribution < 1.29 is 9.18 Å². The molecule has 2 rings (SSSR count). The number of nitrogens with zero attached hydrogens (tertiary/aromatic N) is 1. The van der Waals surface area contributed by atoms with Crippen LogP contribution in [0, 0.1) is 5.82 Å². The second-order valence-corrected chi connectivity index (χ2v) is 5.61. The Labute approximate surface area is 119 Å². The standard InChI is InChI=1S/C13H12ClFN2OS/c1-7(2)13-17-11(6-19-13)16-12(18)8-3-4-10(15)9(14)5-8/h3-7H,1-2H3,(H,16,18). The van der Waals surface area contributed by atoms with Crippen molar-refractivity contribution in [2.75, 3.05) is 5.32 Å². The average molecular weight is 299 g/mol. The normalized spacial score (nSPS) is 10.8. The maximum absolute atomic E-state index is 13.0. The number of rotatable bonds is 3. The zero-order chi connectivity index (χ0) is 14.0. The van der Waals surface area contributed by atoms with E-state index in [1.54, 1.807) is 5.38 Å². The van der Waals surface area contributed by atoms with Gasteiger partial charge in [0.1, 0.15) is 11.6 Å². The number of benzene rings is 1. The highest BCUT2D eigenvalue weighted by atomic mass is 35.5. The number of amides is 1. The second-order valence-electron chi connectivity index (χ2n) is 4.31. The third-order valence-electron chi connectivity index (χ3n) is 2.44. The number of nitrogens with one attached hydrogen (secondary N) is 1. The van der Waals surface area contributed by atoms with Crippen LogP contribution in [0.5, 0.6) is 0 Å². The fourth-order valence-corrected chi connectivity index (χ4v) is 2.38. The van der Waals surface area contributed by atoms with Gasteiger partial charge in [-0.15, -0.1) is 11.3 Å². The van der Waals surface area contributed by atoms with E-state index in [1.807, 2.05) is 13.8 Å². The minimum absolute atomic E-state index is 0.0752. The number of carbonyl (C=O) groups excluding carboxylic acids is 1. The van der Waals surface area contributed by atoms with Crippen LogP contribution in [0.25, 0.3) is 0 Å². The van der Waals surface area contributed by atoms with Crippen molar-refractivity contribution in [2.45, 2.75) is 19.8 Å². The Balaban J connectivity index is 2.13. The Kier molecular flexibility index (Phi) is 4.17. The molecule has 0 saturated heterocycles. The Bertz CT molecular complexity index is 612. The molecule has 0 aliphatic rings. The van der Waals surface area contributed by atoms with Crippen molar-refractivity contribution in [3.8, 4) is 0 Å². The van der Waals surface area contributed by atoms with E-state index in [1.165, 1.54) is 23.5 Å². The molecule has 1 heterocycles. The van der Waals surface area contributed by atoms with Crippen LogP contribution in [0.3, 0.4) is 0 Å². The fourth-order valence-electron chi connectivity index (χ4n) is 1.44. The van der Waals surface area contributed by atoms with Gasteiger partial charge in [0, 0.05) is 16.9 Å². The smallest absolute Gasteiger partial charge is 0.256 e. The van der Waals surface area contributed by atoms with Gasteiger partial charge in [-0.2, -0.15) is 0 Å². The molecule has 1 N–H and O–H groups in total. The first-order valence-electron chi connectivity index (χ1n) is 5.69. The van der Waals surface area contributed by atoms with Crippen molar-refractivity contribution in [1.82, 2.24) is 4.98 Å². The molecule has 0 saturated carbocycles. The monoisotopic (exact) mass is 298 g/mol. The molecular formula is C13H12ClFN2OS. The Hall–Kier alpha value is -1.46. The number of hydrogen-bond acceptors (Lipinski definition) is 3. The van der Waals surface area contributed by atoms with Crippen molar-refractivity contribution in [2.24, 2.45) is 0 Å². The minimum atomic E-state index is -0.547. The predicted octanol–water partition coefficient (Wildman–Crippen LogP) is 4.31. The maximum atomic E-state index is 13.0. The summed E-state index contributed by atoms with van der Waals surface area (Å²) < 4.78 is 13.0. The summed E-state index contributed by atoms with van der Waals surface area (Å²) in [5.41, 5.74) is 0.297. The second kappa shape index (κ2) is 5.67. The topological polar surface area (TPSA) is 42.0 Å². The molecule has 6 heteroatoms. The molecule has 2 aromatic rings. The first-order valence-corrected chi connectivity index (χ1v) is 6.95. The molecule has 3 nitrogen and oxygen atoms in total. The highest BCUT2D eigenvalue weighted by molar-refractivity contribution is 7.10. The Morgan fingerprint density at radius 2 is 2.21 bits per heavy atom. The fraction of sp³-hybridized carbons (Fsp3) is 0.231. The van der Waals surface area contributed by atoms with Gasteiger partial charge in [-0.1, -0.05) is 25.4 Å². The van der Waals surface area contributed by atoms with Gasteiger partial charge in [0.15, 0.2) is 0 Å². The number of anilines is 1. The maximum Gasteiger partial charge on any atom is 0.256 e. The highest BCUT2D eigenvalue weighted by Gasteiger charge is 2.12. The van der Waals surface area contributed by atoms with Crippen molar-refractivity contribution in [3.05, 3.63) is 45.0 Å². The molecule has 0 bridgehead atoms. The van der Waals surface area contributed by atoms with Crippen LogP contribution >= 0.6 is 22.9 Å². The summed E-state index contributed by atoms with van der Waals surface area (Å²) >= 11 is 7.13. The van der Waals surface area contributed by atoms with Crippen molar-refractivity contribution in [3.63, 3.8) is 0 Å². The van der Waals surface area contributed by atoms with Gasteiger partial charge in [0.2, 0.25) is 0 Å². The molecule has 1 aromatic carbocycles. The third kappa shape index (κ3) is 3.30. The average Bonchev–Trinajstić information content (AvgIpc) is 2.81. The number of thiazole rings is 1. The summed E-state index contributed by atoms with van der Waals surface area (Å²) in [6.45, 7) is 4.06. The van der Waals surface area contributed by atoms with Gasteiger partial charge in [0.05, 0.1) is 10.0 Å².